The predicted octanol–water partition coefficient (Wildman–Crippen LogP) is 4.17. The Labute approximate surface area is 156 Å². The summed E-state index contributed by atoms with van der Waals surface area (Å²) in [7, 11) is 0. The Morgan fingerprint density at radius 1 is 1.27 bits per heavy atom. The third-order valence-electron chi connectivity index (χ3n) is 3.87. The molecule has 3 aromatic rings. The lowest BCUT2D eigenvalue weighted by molar-refractivity contribution is 0.0552. The number of rotatable bonds is 7. The van der Waals surface area contributed by atoms with Gasteiger partial charge in [0.15, 0.2) is 0 Å². The highest BCUT2D eigenvalue weighted by atomic mass is 35.5. The number of aromatic amines is 1. The second-order valence-corrected chi connectivity index (χ2v) is 6.04. The Balaban J connectivity index is 1.96. The van der Waals surface area contributed by atoms with Crippen LogP contribution in [0, 0.1) is 0 Å². The van der Waals surface area contributed by atoms with E-state index in [2.05, 4.69) is 11.6 Å². The first-order chi connectivity index (χ1) is 12.6. The fraction of sp³-hybridized carbons (Fsp3) is 0.150. The van der Waals surface area contributed by atoms with Crippen molar-refractivity contribution < 1.29 is 14.3 Å². The first-order valence-corrected chi connectivity index (χ1v) is 8.53. The smallest absolute Gasteiger partial charge is 0.340 e. The number of aromatic nitrogens is 1. The first-order valence-electron chi connectivity index (χ1n) is 8.16. The molecule has 0 fully saturated rings. The highest BCUT2D eigenvalue weighted by Crippen LogP contribution is 2.34. The van der Waals surface area contributed by atoms with Crippen LogP contribution in [0.2, 0.25) is 5.02 Å². The molecule has 0 spiro atoms. The molecule has 3 rings (SSSR count). The van der Waals surface area contributed by atoms with Crippen LogP contribution >= 0.6 is 11.6 Å². The van der Waals surface area contributed by atoms with Gasteiger partial charge in [0.25, 0.3) is 0 Å². The molecule has 0 aliphatic heterocycles. The molecule has 134 valence electrons. The number of nitrogens with one attached hydrogen (secondary N) is 1. The van der Waals surface area contributed by atoms with E-state index in [-0.39, 0.29) is 6.61 Å². The number of carbonyl (C=O) groups is 1. The standard InChI is InChI=1S/C20H19ClN2O3/c1-2-8-26-20(24)17-12-23-19-11-18(21)15(10-16(17)19)13-3-5-14(6-4-13)25-9-7-22/h2-6,10-12,23H,1,7-9,22H2. The minimum absolute atomic E-state index is 0.163. The molecule has 0 unspecified atom stereocenters. The molecule has 0 bridgehead atoms. The number of halogens is 1. The molecule has 26 heavy (non-hydrogen) atoms. The van der Waals surface area contributed by atoms with E-state index < -0.39 is 5.97 Å². The van der Waals surface area contributed by atoms with Crippen LogP contribution in [-0.4, -0.2) is 30.7 Å². The van der Waals surface area contributed by atoms with Crippen molar-refractivity contribution in [1.82, 2.24) is 4.98 Å². The van der Waals surface area contributed by atoms with Gasteiger partial charge in [0.2, 0.25) is 0 Å². The summed E-state index contributed by atoms with van der Waals surface area (Å²) in [6.45, 7) is 4.64. The number of H-pyrrole nitrogens is 1. The van der Waals surface area contributed by atoms with Crippen LogP contribution in [0.4, 0.5) is 0 Å². The van der Waals surface area contributed by atoms with E-state index in [0.717, 1.165) is 27.8 Å². The Kier molecular flexibility index (Phi) is 5.61. The third-order valence-corrected chi connectivity index (χ3v) is 4.19. The van der Waals surface area contributed by atoms with E-state index in [1.54, 1.807) is 12.3 Å². The van der Waals surface area contributed by atoms with E-state index in [1.807, 2.05) is 30.3 Å². The van der Waals surface area contributed by atoms with Gasteiger partial charge in [-0.25, -0.2) is 4.79 Å². The quantitative estimate of drug-likeness (QED) is 0.483. The summed E-state index contributed by atoms with van der Waals surface area (Å²) in [6, 6.07) is 11.2. The Morgan fingerprint density at radius 3 is 2.73 bits per heavy atom. The van der Waals surface area contributed by atoms with Crippen molar-refractivity contribution in [2.24, 2.45) is 5.73 Å². The number of fused-ring (bicyclic) bond motifs is 1. The summed E-state index contributed by atoms with van der Waals surface area (Å²) in [4.78, 5) is 15.3. The lowest BCUT2D eigenvalue weighted by Crippen LogP contribution is -2.10. The summed E-state index contributed by atoms with van der Waals surface area (Å²) in [5.74, 6) is 0.335. The van der Waals surface area contributed by atoms with Crippen LogP contribution < -0.4 is 10.5 Å². The number of esters is 1. The number of nitrogens with two attached hydrogens (primary N) is 1. The zero-order chi connectivity index (χ0) is 18.5. The van der Waals surface area contributed by atoms with Crippen LogP contribution in [0.5, 0.6) is 5.75 Å². The van der Waals surface area contributed by atoms with Crippen LogP contribution in [0.1, 0.15) is 10.4 Å². The highest BCUT2D eigenvalue weighted by molar-refractivity contribution is 6.34. The molecule has 0 aliphatic carbocycles. The number of ether oxygens (including phenoxy) is 2. The highest BCUT2D eigenvalue weighted by Gasteiger charge is 2.16. The summed E-state index contributed by atoms with van der Waals surface area (Å²) in [5, 5.41) is 1.34. The largest absolute Gasteiger partial charge is 0.492 e. The van der Waals surface area contributed by atoms with E-state index in [0.29, 0.717) is 23.7 Å². The molecule has 0 saturated carbocycles. The fourth-order valence-electron chi connectivity index (χ4n) is 2.65. The lowest BCUT2D eigenvalue weighted by atomic mass is 10.0. The van der Waals surface area contributed by atoms with Gasteiger partial charge in [-0.15, -0.1) is 0 Å². The van der Waals surface area contributed by atoms with E-state index in [4.69, 9.17) is 26.8 Å². The molecule has 2 aromatic carbocycles. The lowest BCUT2D eigenvalue weighted by Gasteiger charge is -2.09. The van der Waals surface area contributed by atoms with Gasteiger partial charge in [-0.2, -0.15) is 0 Å². The van der Waals surface area contributed by atoms with Crippen molar-refractivity contribution in [3.63, 3.8) is 0 Å². The fourth-order valence-corrected chi connectivity index (χ4v) is 2.93. The van der Waals surface area contributed by atoms with Gasteiger partial charge >= 0.3 is 5.97 Å². The summed E-state index contributed by atoms with van der Waals surface area (Å²) in [5.41, 5.74) is 8.41. The van der Waals surface area contributed by atoms with Crippen molar-refractivity contribution in [2.45, 2.75) is 0 Å². The first kappa shape index (κ1) is 18.0. The summed E-state index contributed by atoms with van der Waals surface area (Å²) in [6.07, 6.45) is 3.16. The molecule has 0 radical (unpaired) electrons. The molecule has 1 aromatic heterocycles. The Morgan fingerprint density at radius 2 is 2.04 bits per heavy atom. The number of hydrogen-bond donors (Lipinski definition) is 2. The molecular formula is C20H19ClN2O3. The molecule has 0 saturated heterocycles. The van der Waals surface area contributed by atoms with Gasteiger partial charge in [0.05, 0.1) is 10.6 Å². The minimum atomic E-state index is -0.407. The summed E-state index contributed by atoms with van der Waals surface area (Å²) >= 11 is 6.44. The van der Waals surface area contributed by atoms with Crippen molar-refractivity contribution in [1.29, 1.82) is 0 Å². The molecule has 1 heterocycles. The molecule has 3 N–H and O–H groups in total. The predicted molar refractivity (Wildman–Crippen MR) is 104 cm³/mol. The van der Waals surface area contributed by atoms with Crippen molar-refractivity contribution >= 4 is 28.5 Å². The molecular weight excluding hydrogens is 352 g/mol. The maximum atomic E-state index is 12.2. The van der Waals surface area contributed by atoms with Gasteiger partial charge in [-0.05, 0) is 29.8 Å². The molecule has 0 atom stereocenters. The van der Waals surface area contributed by atoms with Crippen LogP contribution in [0.3, 0.4) is 0 Å². The topological polar surface area (TPSA) is 77.3 Å². The average Bonchev–Trinajstić information content (AvgIpc) is 3.07. The number of carbonyl (C=O) groups excluding carboxylic acids is 1. The van der Waals surface area contributed by atoms with Gasteiger partial charge in [0.1, 0.15) is 19.0 Å². The molecule has 0 amide bonds. The van der Waals surface area contributed by atoms with Crippen molar-refractivity contribution in [3.05, 3.63) is 65.8 Å². The van der Waals surface area contributed by atoms with E-state index >= 15 is 0 Å². The second-order valence-electron chi connectivity index (χ2n) is 5.63. The number of hydrogen-bond acceptors (Lipinski definition) is 4. The SMILES string of the molecule is C=CCOC(=O)c1c[nH]c2cc(Cl)c(-c3ccc(OCCN)cc3)cc12. The number of benzene rings is 2. The molecule has 6 heteroatoms. The van der Waals surface area contributed by atoms with Crippen LogP contribution in [0.25, 0.3) is 22.0 Å². The van der Waals surface area contributed by atoms with Crippen LogP contribution in [-0.2, 0) is 4.74 Å². The molecule has 0 aliphatic rings. The van der Waals surface area contributed by atoms with Gasteiger partial charge in [-0.1, -0.05) is 36.4 Å². The maximum Gasteiger partial charge on any atom is 0.340 e. The second kappa shape index (κ2) is 8.08. The van der Waals surface area contributed by atoms with Crippen LogP contribution in [0.15, 0.2) is 55.3 Å². The third kappa shape index (κ3) is 3.74. The van der Waals surface area contributed by atoms with Gasteiger partial charge < -0.3 is 20.2 Å². The monoisotopic (exact) mass is 370 g/mol. The average molecular weight is 371 g/mol. The zero-order valence-electron chi connectivity index (χ0n) is 14.1. The normalized spacial score (nSPS) is 10.7. The van der Waals surface area contributed by atoms with Gasteiger partial charge in [0, 0.05) is 29.2 Å². The maximum absolute atomic E-state index is 12.2. The van der Waals surface area contributed by atoms with Crippen molar-refractivity contribution in [2.75, 3.05) is 19.8 Å². The zero-order valence-corrected chi connectivity index (χ0v) is 14.9. The Bertz CT molecular complexity index is 932. The van der Waals surface area contributed by atoms with Gasteiger partial charge in [-0.3, -0.25) is 0 Å². The van der Waals surface area contributed by atoms with E-state index in [1.165, 1.54) is 6.08 Å². The summed E-state index contributed by atoms with van der Waals surface area (Å²) < 4.78 is 10.6. The Hall–Kier alpha value is -2.76. The minimum Gasteiger partial charge on any atom is -0.492 e. The van der Waals surface area contributed by atoms with E-state index in [9.17, 15) is 4.79 Å². The molecule has 5 nitrogen and oxygen atoms in total. The van der Waals surface area contributed by atoms with Crippen molar-refractivity contribution in [3.8, 4) is 16.9 Å².